The minimum atomic E-state index is 0.0206. The van der Waals surface area contributed by atoms with Crippen LogP contribution in [0.4, 0.5) is 5.69 Å². The molecule has 0 radical (unpaired) electrons. The van der Waals surface area contributed by atoms with Gasteiger partial charge in [0.25, 0.3) is 0 Å². The van der Waals surface area contributed by atoms with Gasteiger partial charge in [-0.15, -0.1) is 0 Å². The van der Waals surface area contributed by atoms with Crippen LogP contribution in [0.2, 0.25) is 0 Å². The molecule has 0 amide bonds. The molecule has 120 valence electrons. The third kappa shape index (κ3) is 3.15. The molecule has 1 aliphatic rings. The van der Waals surface area contributed by atoms with E-state index in [9.17, 15) is 5.11 Å². The highest BCUT2D eigenvalue weighted by Gasteiger charge is 2.29. The van der Waals surface area contributed by atoms with Crippen molar-refractivity contribution >= 4 is 12.0 Å². The molecule has 0 bridgehead atoms. The first kappa shape index (κ1) is 15.8. The Bertz CT molecular complexity index is 699. The fraction of sp³-hybridized carbons (Fsp3) is 0.350. The van der Waals surface area contributed by atoms with Gasteiger partial charge in [0.15, 0.2) is 0 Å². The predicted molar refractivity (Wildman–Crippen MR) is 95.5 cm³/mol. The molecule has 23 heavy (non-hydrogen) atoms. The van der Waals surface area contributed by atoms with Crippen LogP contribution in [0.25, 0.3) is 0 Å². The van der Waals surface area contributed by atoms with Gasteiger partial charge in [0.05, 0.1) is 6.61 Å². The van der Waals surface area contributed by atoms with Crippen LogP contribution in [0.15, 0.2) is 42.5 Å². The Balaban J connectivity index is 1.92. The molecule has 0 unspecified atom stereocenters. The highest BCUT2D eigenvalue weighted by atomic mass is 16.3. The van der Waals surface area contributed by atoms with Crippen molar-refractivity contribution in [2.24, 2.45) is 0 Å². The van der Waals surface area contributed by atoms with Gasteiger partial charge in [-0.25, -0.2) is 4.90 Å². The maximum atomic E-state index is 9.86. The SMILES string of the molecule is Cc1cc(C)c(N2C=[N+]([C@@H](CO)c3ccccc3)CC2)c(C)c1. The van der Waals surface area contributed by atoms with Gasteiger partial charge in [-0.05, 0) is 37.5 Å². The van der Waals surface area contributed by atoms with Crippen LogP contribution in [-0.2, 0) is 0 Å². The minimum absolute atomic E-state index is 0.0206. The van der Waals surface area contributed by atoms with Gasteiger partial charge in [-0.1, -0.05) is 48.0 Å². The van der Waals surface area contributed by atoms with E-state index in [1.807, 2.05) is 18.2 Å². The van der Waals surface area contributed by atoms with E-state index in [1.54, 1.807) is 0 Å². The van der Waals surface area contributed by atoms with E-state index in [2.05, 4.69) is 60.9 Å². The normalized spacial score (nSPS) is 15.7. The first-order chi connectivity index (χ1) is 11.1. The van der Waals surface area contributed by atoms with Gasteiger partial charge in [-0.3, -0.25) is 4.58 Å². The van der Waals surface area contributed by atoms with Crippen molar-refractivity contribution in [2.75, 3.05) is 24.6 Å². The molecule has 0 spiro atoms. The van der Waals surface area contributed by atoms with Crippen molar-refractivity contribution in [3.8, 4) is 0 Å². The summed E-state index contributed by atoms with van der Waals surface area (Å²) >= 11 is 0. The van der Waals surface area contributed by atoms with Crippen LogP contribution in [0.3, 0.4) is 0 Å². The van der Waals surface area contributed by atoms with E-state index in [0.29, 0.717) is 0 Å². The summed E-state index contributed by atoms with van der Waals surface area (Å²) in [6.07, 6.45) is 2.17. The molecule has 2 aromatic carbocycles. The summed E-state index contributed by atoms with van der Waals surface area (Å²) in [5.41, 5.74) is 6.37. The molecule has 3 nitrogen and oxygen atoms in total. The van der Waals surface area contributed by atoms with Crippen molar-refractivity contribution < 1.29 is 9.68 Å². The van der Waals surface area contributed by atoms with E-state index in [0.717, 1.165) is 18.7 Å². The second-order valence-electron chi connectivity index (χ2n) is 6.40. The summed E-state index contributed by atoms with van der Waals surface area (Å²) in [7, 11) is 0. The Morgan fingerprint density at radius 2 is 1.74 bits per heavy atom. The Morgan fingerprint density at radius 3 is 2.35 bits per heavy atom. The first-order valence-electron chi connectivity index (χ1n) is 8.21. The molecule has 3 heteroatoms. The number of aryl methyl sites for hydroxylation is 3. The zero-order valence-corrected chi connectivity index (χ0v) is 14.2. The lowest BCUT2D eigenvalue weighted by molar-refractivity contribution is -0.562. The molecule has 0 aromatic heterocycles. The number of aliphatic hydroxyl groups is 1. The third-order valence-corrected chi connectivity index (χ3v) is 4.57. The molecule has 1 N–H and O–H groups in total. The molecule has 2 aromatic rings. The average molecular weight is 309 g/mol. The van der Waals surface area contributed by atoms with Crippen LogP contribution in [0.1, 0.15) is 28.3 Å². The number of benzene rings is 2. The smallest absolute Gasteiger partial charge is 0.240 e. The van der Waals surface area contributed by atoms with E-state index in [-0.39, 0.29) is 12.6 Å². The average Bonchev–Trinajstić information content (AvgIpc) is 2.97. The highest BCUT2D eigenvalue weighted by Crippen LogP contribution is 2.28. The molecule has 1 atom stereocenters. The lowest BCUT2D eigenvalue weighted by atomic mass is 10.0. The summed E-state index contributed by atoms with van der Waals surface area (Å²) in [5, 5.41) is 9.86. The van der Waals surface area contributed by atoms with Crippen molar-refractivity contribution in [3.63, 3.8) is 0 Å². The van der Waals surface area contributed by atoms with Gasteiger partial charge in [-0.2, -0.15) is 0 Å². The fourth-order valence-electron chi connectivity index (χ4n) is 3.63. The van der Waals surface area contributed by atoms with Crippen molar-refractivity contribution in [1.82, 2.24) is 0 Å². The first-order valence-corrected chi connectivity index (χ1v) is 8.21. The van der Waals surface area contributed by atoms with Crippen LogP contribution in [-0.4, -0.2) is 35.7 Å². The molecule has 0 saturated heterocycles. The molecule has 1 aliphatic heterocycles. The Morgan fingerprint density at radius 1 is 1.09 bits per heavy atom. The number of nitrogens with zero attached hydrogens (tertiary/aromatic N) is 2. The van der Waals surface area contributed by atoms with E-state index in [4.69, 9.17) is 0 Å². The van der Waals surface area contributed by atoms with Crippen LogP contribution >= 0.6 is 0 Å². The van der Waals surface area contributed by atoms with Gasteiger partial charge in [0.2, 0.25) is 6.34 Å². The zero-order chi connectivity index (χ0) is 16.4. The van der Waals surface area contributed by atoms with E-state index in [1.165, 1.54) is 22.4 Å². The van der Waals surface area contributed by atoms with Gasteiger partial charge in [0, 0.05) is 0 Å². The number of aliphatic hydroxyl groups excluding tert-OH is 1. The van der Waals surface area contributed by atoms with Crippen molar-refractivity contribution in [3.05, 3.63) is 64.7 Å². The topological polar surface area (TPSA) is 26.5 Å². The van der Waals surface area contributed by atoms with Gasteiger partial charge >= 0.3 is 0 Å². The molecule has 1 heterocycles. The summed E-state index contributed by atoms with van der Waals surface area (Å²) in [6, 6.07) is 14.7. The summed E-state index contributed by atoms with van der Waals surface area (Å²) < 4.78 is 2.24. The number of hydrogen-bond donors (Lipinski definition) is 1. The molecule has 0 aliphatic carbocycles. The maximum Gasteiger partial charge on any atom is 0.240 e. The summed E-state index contributed by atoms with van der Waals surface area (Å²) in [6.45, 7) is 8.49. The zero-order valence-electron chi connectivity index (χ0n) is 14.2. The fourth-order valence-corrected chi connectivity index (χ4v) is 3.63. The van der Waals surface area contributed by atoms with Gasteiger partial charge < -0.3 is 5.11 Å². The third-order valence-electron chi connectivity index (χ3n) is 4.57. The van der Waals surface area contributed by atoms with Gasteiger partial charge in [0.1, 0.15) is 24.8 Å². The van der Waals surface area contributed by atoms with E-state index >= 15 is 0 Å². The van der Waals surface area contributed by atoms with Crippen molar-refractivity contribution in [2.45, 2.75) is 26.8 Å². The molecular weight excluding hydrogens is 284 g/mol. The second-order valence-corrected chi connectivity index (χ2v) is 6.40. The minimum Gasteiger partial charge on any atom is -0.392 e. The lowest BCUT2D eigenvalue weighted by Crippen LogP contribution is -2.22. The van der Waals surface area contributed by atoms with Crippen LogP contribution < -0.4 is 4.90 Å². The quantitative estimate of drug-likeness (QED) is 0.878. The monoisotopic (exact) mass is 309 g/mol. The standard InChI is InChI=1S/C20H25N2O/c1-15-11-16(2)20(17(3)12-15)22-10-9-21(14-22)19(13-23)18-7-5-4-6-8-18/h4-8,11-12,14,19,23H,9-10,13H2,1-3H3/q+1/t19-/m0/s1. The largest absolute Gasteiger partial charge is 0.392 e. The van der Waals surface area contributed by atoms with Crippen LogP contribution in [0.5, 0.6) is 0 Å². The Hall–Kier alpha value is -2.13. The van der Waals surface area contributed by atoms with Crippen LogP contribution in [0, 0.1) is 20.8 Å². The molecule has 0 saturated carbocycles. The van der Waals surface area contributed by atoms with Crippen molar-refractivity contribution in [1.29, 1.82) is 0 Å². The lowest BCUT2D eigenvalue weighted by Gasteiger charge is -2.14. The highest BCUT2D eigenvalue weighted by molar-refractivity contribution is 5.81. The summed E-state index contributed by atoms with van der Waals surface area (Å²) in [4.78, 5) is 2.32. The van der Waals surface area contributed by atoms with E-state index < -0.39 is 0 Å². The summed E-state index contributed by atoms with van der Waals surface area (Å²) in [5.74, 6) is 0. The molecular formula is C20H25N2O+. The number of anilines is 1. The molecule has 0 fully saturated rings. The second kappa shape index (κ2) is 6.55. The molecule has 3 rings (SSSR count). The predicted octanol–water partition coefficient (Wildman–Crippen LogP) is 3.21. The Labute approximate surface area is 138 Å². The Kier molecular flexibility index (Phi) is 4.49. The maximum absolute atomic E-state index is 9.86. The number of rotatable bonds is 4. The number of hydrogen-bond acceptors (Lipinski definition) is 2.